The maximum absolute atomic E-state index is 4.08. The zero-order valence-corrected chi connectivity index (χ0v) is 55.3. The first kappa shape index (κ1) is 69.4. The van der Waals surface area contributed by atoms with Gasteiger partial charge in [-0.15, -0.1) is 0 Å². The van der Waals surface area contributed by atoms with E-state index < -0.39 is 0 Å². The zero-order valence-electron chi connectivity index (χ0n) is 26.2. The normalized spacial score (nSPS) is 13.0. The first-order valence-electron chi connectivity index (χ1n) is 11.2. The Kier molecular flexibility index (Phi) is 76.7. The SMILES string of the molecule is CC(C)(C)C1=[C-]CCC1.C[C-](C)C.C[C-](C)C.[CH2-]C1=C(CC(C)(C)C)CCC1.[CH3-].[U+2].[U+2].[U].[U].[U].[U].[U]. The molecule has 2 aliphatic carbocycles. The molecule has 0 bridgehead atoms. The fourth-order valence-corrected chi connectivity index (χ4v) is 2.96. The van der Waals surface area contributed by atoms with Crippen LogP contribution in [0.15, 0.2) is 16.7 Å². The second-order valence-electron chi connectivity index (χ2n) is 11.6. The molecular formula is C29H55U7-. The molecule has 0 saturated heterocycles. The van der Waals surface area contributed by atoms with Crippen molar-refractivity contribution in [1.29, 1.82) is 0 Å². The Labute approximate surface area is 397 Å². The van der Waals surface area contributed by atoms with Crippen LogP contribution in [0.5, 0.6) is 0 Å². The van der Waals surface area contributed by atoms with E-state index in [0.29, 0.717) is 10.8 Å². The van der Waals surface area contributed by atoms with Crippen LogP contribution in [0.3, 0.4) is 0 Å². The largest absolute Gasteiger partial charge is 2.00 e. The molecule has 0 radical (unpaired) electrons. The summed E-state index contributed by atoms with van der Waals surface area (Å²) in [4.78, 5) is 0. The minimum absolute atomic E-state index is 0. The third kappa shape index (κ3) is 53.3. The quantitative estimate of drug-likeness (QED) is 0.230. The molecule has 0 atom stereocenters. The van der Waals surface area contributed by atoms with Gasteiger partial charge in [0.15, 0.2) is 0 Å². The molecule has 0 unspecified atom stereocenters. The molecule has 0 spiro atoms. The van der Waals surface area contributed by atoms with Crippen molar-refractivity contribution in [3.8, 4) is 0 Å². The van der Waals surface area contributed by atoms with Crippen molar-refractivity contribution < 1.29 is 218 Å². The fourth-order valence-electron chi connectivity index (χ4n) is 2.96. The van der Waals surface area contributed by atoms with Gasteiger partial charge in [0.05, 0.1) is 0 Å². The topological polar surface area (TPSA) is 0 Å². The molecular weight excluding hydrogens is 2010 g/mol. The van der Waals surface area contributed by atoms with Crippen molar-refractivity contribution in [3.05, 3.63) is 49.0 Å². The molecule has 0 fully saturated rings. The van der Waals surface area contributed by atoms with Gasteiger partial charge in [0.2, 0.25) is 0 Å². The van der Waals surface area contributed by atoms with Gasteiger partial charge < -0.3 is 25.3 Å². The molecule has 2 aliphatic rings. The van der Waals surface area contributed by atoms with Gasteiger partial charge >= 0.3 is 62.2 Å². The van der Waals surface area contributed by atoms with Crippen molar-refractivity contribution >= 4 is 0 Å². The van der Waals surface area contributed by atoms with E-state index in [9.17, 15) is 0 Å². The molecule has 0 heterocycles. The van der Waals surface area contributed by atoms with Gasteiger partial charge in [-0.1, -0.05) is 80.1 Å². The van der Waals surface area contributed by atoms with E-state index in [0.717, 1.165) is 0 Å². The molecule has 0 aliphatic heterocycles. The van der Waals surface area contributed by atoms with Gasteiger partial charge in [-0.25, -0.2) is 18.1 Å². The monoisotopic (exact) mass is 2070 g/mol. The third-order valence-corrected chi connectivity index (χ3v) is 4.05. The van der Waals surface area contributed by atoms with Crippen molar-refractivity contribution in [1.82, 2.24) is 0 Å². The van der Waals surface area contributed by atoms with Crippen molar-refractivity contribution in [2.45, 2.75) is 128 Å². The molecule has 36 heavy (non-hydrogen) atoms. The van der Waals surface area contributed by atoms with E-state index in [1.165, 1.54) is 67.9 Å². The van der Waals surface area contributed by atoms with Gasteiger partial charge in [0.1, 0.15) is 0 Å². The maximum atomic E-state index is 4.08. The fraction of sp³-hybridized carbons (Fsp3) is 0.724. The second kappa shape index (κ2) is 39.7. The summed E-state index contributed by atoms with van der Waals surface area (Å²) >= 11 is 0. The first-order chi connectivity index (χ1) is 12.6. The summed E-state index contributed by atoms with van der Waals surface area (Å²) < 4.78 is 0. The molecule has 0 nitrogen and oxygen atoms in total. The molecule has 0 aromatic rings. The van der Waals surface area contributed by atoms with E-state index in [1.54, 1.807) is 5.57 Å². The average Bonchev–Trinajstić information content (AvgIpc) is 3.08. The summed E-state index contributed by atoms with van der Waals surface area (Å²) in [6.45, 7) is 30.3. The van der Waals surface area contributed by atoms with Gasteiger partial charge in [-0.2, -0.15) is 48.0 Å². The molecule has 0 saturated carbocycles. The van der Waals surface area contributed by atoms with Crippen LogP contribution < -0.4 is 0 Å². The number of rotatable bonds is 1. The van der Waals surface area contributed by atoms with Crippen LogP contribution in [0.2, 0.25) is 0 Å². The summed E-state index contributed by atoms with van der Waals surface area (Å²) in [7, 11) is 0. The van der Waals surface area contributed by atoms with Crippen molar-refractivity contribution in [3.63, 3.8) is 0 Å². The summed E-state index contributed by atoms with van der Waals surface area (Å²) in [5.74, 6) is 2.83. The minimum atomic E-state index is 0. The van der Waals surface area contributed by atoms with Gasteiger partial charge in [-0.3, -0.25) is 5.57 Å². The summed E-state index contributed by atoms with van der Waals surface area (Å²) in [5.41, 5.74) is 5.40. The van der Waals surface area contributed by atoms with Crippen LogP contribution in [0.4, 0.5) is 0 Å². The Morgan fingerprint density at radius 3 is 1.22 bits per heavy atom. The van der Waals surface area contributed by atoms with Gasteiger partial charge in [0, 0.05) is 156 Å². The van der Waals surface area contributed by atoms with Crippen LogP contribution in [0.25, 0.3) is 0 Å². The zero-order chi connectivity index (χ0) is 22.5. The minimum Gasteiger partial charge on any atom is -0.497 e. The molecule has 7 heteroatoms. The second-order valence-corrected chi connectivity index (χ2v) is 11.6. The summed E-state index contributed by atoms with van der Waals surface area (Å²) in [6, 6.07) is 0. The summed E-state index contributed by atoms with van der Waals surface area (Å²) in [5, 5.41) is 0. The number of hydrogen-bond donors (Lipinski definition) is 0. The Morgan fingerprint density at radius 2 is 1.06 bits per heavy atom. The Hall–Kier alpha value is 6.71. The van der Waals surface area contributed by atoms with E-state index >= 15 is 0 Å². The van der Waals surface area contributed by atoms with E-state index in [1.807, 2.05) is 0 Å². The molecule has 200 valence electrons. The molecule has 2 rings (SSSR count). The molecule has 0 amide bonds. The predicted octanol–water partition coefficient (Wildman–Crippen LogP) is 10.4. The van der Waals surface area contributed by atoms with Crippen molar-refractivity contribution in [2.24, 2.45) is 10.8 Å². The predicted molar refractivity (Wildman–Crippen MR) is 137 cm³/mol. The van der Waals surface area contributed by atoms with Crippen LogP contribution in [-0.4, -0.2) is 0 Å². The Bertz CT molecular complexity index is 457. The first-order valence-corrected chi connectivity index (χ1v) is 11.2. The Morgan fingerprint density at radius 1 is 0.694 bits per heavy atom. The average molecular weight is 2070 g/mol. The van der Waals surface area contributed by atoms with E-state index in [4.69, 9.17) is 0 Å². The van der Waals surface area contributed by atoms with E-state index in [2.05, 4.69) is 96.1 Å². The maximum Gasteiger partial charge on any atom is 2.00 e. The number of allylic oxidation sites excluding steroid dienone is 4. The molecule has 0 aromatic heterocycles. The van der Waals surface area contributed by atoms with Crippen LogP contribution in [0.1, 0.15) is 128 Å². The smallest absolute Gasteiger partial charge is 0.497 e. The summed E-state index contributed by atoms with van der Waals surface area (Å²) in [6.07, 6.45) is 12.3. The van der Waals surface area contributed by atoms with E-state index in [-0.39, 0.29) is 225 Å². The van der Waals surface area contributed by atoms with Gasteiger partial charge in [-0.05, 0) is 10.8 Å². The van der Waals surface area contributed by atoms with Crippen LogP contribution in [-0.2, 0) is 0 Å². The standard InChI is InChI=1S/C11H19.C9H15.2C4H9.CH3.7U/c1-9-6-5-7-10(9)8-11(2,3)4;1-9(2,3)8-6-4-5-7-8;2*1-4(2)3;;;;;;;;/h1,5-8H2,2-4H3;4-6H2,1-3H3;2*1-3H3;1H3;;;;;;;/q5*-1;;;;;;2*+2. The Balaban J connectivity index is -0.0000000312. The van der Waals surface area contributed by atoms with Crippen LogP contribution >= 0.6 is 0 Å². The van der Waals surface area contributed by atoms with Crippen LogP contribution in [0, 0.1) is 261 Å². The third-order valence-electron chi connectivity index (χ3n) is 4.05. The molecule has 0 N–H and O–H groups in total. The van der Waals surface area contributed by atoms with Crippen molar-refractivity contribution in [2.75, 3.05) is 0 Å². The number of hydrogen-bond acceptors (Lipinski definition) is 0. The van der Waals surface area contributed by atoms with Gasteiger partial charge in [0.25, 0.3) is 0 Å². The molecule has 0 aromatic carbocycles.